The van der Waals surface area contributed by atoms with Crippen molar-refractivity contribution in [2.45, 2.75) is 6.54 Å². The van der Waals surface area contributed by atoms with Crippen LogP contribution in [0, 0.1) is 5.82 Å². The molecule has 0 unspecified atom stereocenters. The van der Waals surface area contributed by atoms with E-state index in [1.54, 1.807) is 12.1 Å². The van der Waals surface area contributed by atoms with Gasteiger partial charge in [-0.15, -0.1) is 5.10 Å². The van der Waals surface area contributed by atoms with Crippen LogP contribution < -0.4 is 10.3 Å². The number of rotatable bonds is 3. The van der Waals surface area contributed by atoms with Crippen LogP contribution in [-0.4, -0.2) is 16.9 Å². The Balaban J connectivity index is 2.29. The van der Waals surface area contributed by atoms with E-state index in [1.807, 2.05) is 0 Å². The Morgan fingerprint density at radius 3 is 2.59 bits per heavy atom. The summed E-state index contributed by atoms with van der Waals surface area (Å²) < 4.78 is 18.9. The number of ether oxygens (including phenoxy) is 1. The quantitative estimate of drug-likeness (QED) is 0.807. The molecule has 0 amide bonds. The maximum absolute atomic E-state index is 12.7. The first-order chi connectivity index (χ1) is 8.19. The minimum absolute atomic E-state index is 0.227. The summed E-state index contributed by atoms with van der Waals surface area (Å²) in [5, 5.41) is 4.00. The summed E-state index contributed by atoms with van der Waals surface area (Å²) in [6.07, 6.45) is 0. The topological polar surface area (TPSA) is 44.1 Å². The molecule has 0 radical (unpaired) electrons. The summed E-state index contributed by atoms with van der Waals surface area (Å²) in [6, 6.07) is 8.81. The zero-order chi connectivity index (χ0) is 12.3. The van der Waals surface area contributed by atoms with Crippen LogP contribution in [0.25, 0.3) is 0 Å². The van der Waals surface area contributed by atoms with Crippen molar-refractivity contribution in [1.29, 1.82) is 0 Å². The highest BCUT2D eigenvalue weighted by Crippen LogP contribution is 2.05. The molecule has 4 nitrogen and oxygen atoms in total. The van der Waals surface area contributed by atoms with Gasteiger partial charge in [-0.25, -0.2) is 9.07 Å². The van der Waals surface area contributed by atoms with E-state index >= 15 is 0 Å². The average molecular weight is 234 g/mol. The van der Waals surface area contributed by atoms with Gasteiger partial charge in [0, 0.05) is 12.1 Å². The van der Waals surface area contributed by atoms with E-state index in [4.69, 9.17) is 4.74 Å². The number of hydrogen-bond donors (Lipinski definition) is 0. The van der Waals surface area contributed by atoms with Crippen molar-refractivity contribution >= 4 is 0 Å². The van der Waals surface area contributed by atoms with Crippen LogP contribution in [-0.2, 0) is 6.54 Å². The summed E-state index contributed by atoms with van der Waals surface area (Å²) in [6.45, 7) is 0.288. The summed E-state index contributed by atoms with van der Waals surface area (Å²) in [7, 11) is 1.48. The van der Waals surface area contributed by atoms with Gasteiger partial charge in [-0.3, -0.25) is 4.79 Å². The van der Waals surface area contributed by atoms with Crippen LogP contribution in [0.1, 0.15) is 5.56 Å². The van der Waals surface area contributed by atoms with Crippen molar-refractivity contribution in [1.82, 2.24) is 9.78 Å². The number of benzene rings is 1. The summed E-state index contributed by atoms with van der Waals surface area (Å²) in [4.78, 5) is 11.5. The minimum atomic E-state index is -0.306. The third kappa shape index (κ3) is 2.69. The Kier molecular flexibility index (Phi) is 3.18. The molecule has 1 heterocycles. The van der Waals surface area contributed by atoms with Crippen molar-refractivity contribution in [3.8, 4) is 5.88 Å². The molecule has 17 heavy (non-hydrogen) atoms. The van der Waals surface area contributed by atoms with E-state index in [2.05, 4.69) is 5.10 Å². The molecule has 2 rings (SSSR count). The average Bonchev–Trinajstić information content (AvgIpc) is 2.35. The van der Waals surface area contributed by atoms with Gasteiger partial charge < -0.3 is 4.74 Å². The third-order valence-corrected chi connectivity index (χ3v) is 2.30. The smallest absolute Gasteiger partial charge is 0.267 e. The minimum Gasteiger partial charge on any atom is -0.480 e. The molecular weight excluding hydrogens is 223 g/mol. The van der Waals surface area contributed by atoms with E-state index in [9.17, 15) is 9.18 Å². The lowest BCUT2D eigenvalue weighted by Crippen LogP contribution is -2.22. The summed E-state index contributed by atoms with van der Waals surface area (Å²) in [5.74, 6) is 0.0615. The number of halogens is 1. The molecular formula is C12H11FN2O2. The maximum atomic E-state index is 12.7. The van der Waals surface area contributed by atoms with Crippen LogP contribution in [0.2, 0.25) is 0 Å². The predicted molar refractivity (Wildman–Crippen MR) is 60.6 cm³/mol. The Morgan fingerprint density at radius 2 is 1.94 bits per heavy atom. The van der Waals surface area contributed by atoms with Crippen LogP contribution in [0.5, 0.6) is 5.88 Å². The van der Waals surface area contributed by atoms with Gasteiger partial charge >= 0.3 is 0 Å². The second-order valence-electron chi connectivity index (χ2n) is 3.50. The Labute approximate surface area is 97.3 Å². The van der Waals surface area contributed by atoms with Crippen molar-refractivity contribution in [2.75, 3.05) is 7.11 Å². The number of methoxy groups -OCH3 is 1. The van der Waals surface area contributed by atoms with Crippen LogP contribution in [0.3, 0.4) is 0 Å². The lowest BCUT2D eigenvalue weighted by atomic mass is 10.2. The molecule has 0 spiro atoms. The number of hydrogen-bond acceptors (Lipinski definition) is 3. The van der Waals surface area contributed by atoms with Gasteiger partial charge in [-0.1, -0.05) is 12.1 Å². The standard InChI is InChI=1S/C12H11FN2O2/c1-17-11-6-7-12(16)15(14-11)8-9-2-4-10(13)5-3-9/h2-7H,8H2,1H3. The van der Waals surface area contributed by atoms with Crippen LogP contribution >= 0.6 is 0 Å². The molecule has 0 fully saturated rings. The Morgan fingerprint density at radius 1 is 1.24 bits per heavy atom. The first kappa shape index (κ1) is 11.3. The maximum Gasteiger partial charge on any atom is 0.267 e. The summed E-state index contributed by atoms with van der Waals surface area (Å²) >= 11 is 0. The lowest BCUT2D eigenvalue weighted by molar-refractivity contribution is 0.379. The largest absolute Gasteiger partial charge is 0.480 e. The van der Waals surface area contributed by atoms with Crippen molar-refractivity contribution in [3.05, 3.63) is 58.1 Å². The molecule has 0 aliphatic rings. The molecule has 0 saturated carbocycles. The Bertz CT molecular complexity index is 563. The molecule has 2 aromatic rings. The molecule has 88 valence electrons. The highest BCUT2D eigenvalue weighted by Gasteiger charge is 2.02. The van der Waals surface area contributed by atoms with E-state index in [0.29, 0.717) is 5.88 Å². The fraction of sp³-hybridized carbons (Fsp3) is 0.167. The molecule has 1 aromatic heterocycles. The molecule has 0 bridgehead atoms. The molecule has 1 aromatic carbocycles. The molecule has 0 atom stereocenters. The van der Waals surface area contributed by atoms with Crippen molar-refractivity contribution in [2.24, 2.45) is 0 Å². The predicted octanol–water partition coefficient (Wildman–Crippen LogP) is 1.44. The number of nitrogens with zero attached hydrogens (tertiary/aromatic N) is 2. The van der Waals surface area contributed by atoms with Gasteiger partial charge in [-0.05, 0) is 17.7 Å². The normalized spacial score (nSPS) is 10.2. The first-order valence-corrected chi connectivity index (χ1v) is 5.05. The second-order valence-corrected chi connectivity index (χ2v) is 3.50. The van der Waals surface area contributed by atoms with Crippen molar-refractivity contribution < 1.29 is 9.13 Å². The molecule has 0 aliphatic heterocycles. The van der Waals surface area contributed by atoms with Gasteiger partial charge in [0.15, 0.2) is 0 Å². The third-order valence-electron chi connectivity index (χ3n) is 2.30. The zero-order valence-corrected chi connectivity index (χ0v) is 9.26. The molecule has 0 saturated heterocycles. The molecule has 0 aliphatic carbocycles. The van der Waals surface area contributed by atoms with Gasteiger partial charge in [-0.2, -0.15) is 0 Å². The molecule has 0 N–H and O–H groups in total. The lowest BCUT2D eigenvalue weighted by Gasteiger charge is -2.06. The highest BCUT2D eigenvalue weighted by molar-refractivity contribution is 5.16. The Hall–Kier alpha value is -2.17. The fourth-order valence-corrected chi connectivity index (χ4v) is 1.42. The second kappa shape index (κ2) is 4.78. The van der Waals surface area contributed by atoms with E-state index in [-0.39, 0.29) is 17.9 Å². The van der Waals surface area contributed by atoms with Gasteiger partial charge in [0.2, 0.25) is 5.88 Å². The SMILES string of the molecule is COc1ccc(=O)n(Cc2ccc(F)cc2)n1. The monoisotopic (exact) mass is 234 g/mol. The van der Waals surface area contributed by atoms with Gasteiger partial charge in [0.1, 0.15) is 5.82 Å². The van der Waals surface area contributed by atoms with E-state index in [0.717, 1.165) is 5.56 Å². The van der Waals surface area contributed by atoms with Gasteiger partial charge in [0.05, 0.1) is 13.7 Å². The van der Waals surface area contributed by atoms with Crippen LogP contribution in [0.4, 0.5) is 4.39 Å². The zero-order valence-electron chi connectivity index (χ0n) is 9.26. The van der Waals surface area contributed by atoms with E-state index in [1.165, 1.54) is 36.1 Å². The van der Waals surface area contributed by atoms with Crippen LogP contribution in [0.15, 0.2) is 41.2 Å². The summed E-state index contributed by atoms with van der Waals surface area (Å²) in [5.41, 5.74) is 0.573. The van der Waals surface area contributed by atoms with Crippen molar-refractivity contribution in [3.63, 3.8) is 0 Å². The highest BCUT2D eigenvalue weighted by atomic mass is 19.1. The fourth-order valence-electron chi connectivity index (χ4n) is 1.42. The molecule has 5 heteroatoms. The first-order valence-electron chi connectivity index (χ1n) is 5.05. The number of aromatic nitrogens is 2. The van der Waals surface area contributed by atoms with E-state index < -0.39 is 0 Å². The van der Waals surface area contributed by atoms with Gasteiger partial charge in [0.25, 0.3) is 5.56 Å².